The van der Waals surface area contributed by atoms with E-state index in [4.69, 9.17) is 12.6 Å². The van der Waals surface area contributed by atoms with Crippen LogP contribution in [0, 0.1) is 0 Å². The summed E-state index contributed by atoms with van der Waals surface area (Å²) in [5.74, 6) is 0.210. The maximum Gasteiger partial charge on any atom is 0.243 e. The molecule has 2 atom stereocenters. The van der Waals surface area contributed by atoms with Crippen LogP contribution in [0.25, 0.3) is 10.8 Å². The van der Waals surface area contributed by atoms with E-state index in [1.165, 1.54) is 33.0 Å². The lowest BCUT2D eigenvalue weighted by Crippen LogP contribution is -2.51. The number of hydrogen-bond donors (Lipinski definition) is 2. The molecule has 1 N–H and O–H groups in total. The molecule has 7 heteroatoms. The van der Waals surface area contributed by atoms with Crippen LogP contribution in [-0.4, -0.2) is 45.7 Å². The molecule has 2 unspecified atom stereocenters. The second-order valence-electron chi connectivity index (χ2n) is 10.0. The van der Waals surface area contributed by atoms with Crippen molar-refractivity contribution in [3.63, 3.8) is 0 Å². The molecule has 0 bridgehead atoms. The predicted octanol–water partition coefficient (Wildman–Crippen LogP) is 4.16. The van der Waals surface area contributed by atoms with Gasteiger partial charge in [0, 0.05) is 37.3 Å². The summed E-state index contributed by atoms with van der Waals surface area (Å²) >= 11 is 4.88. The minimum atomic E-state index is -0.296. The summed E-state index contributed by atoms with van der Waals surface area (Å²) in [6, 6.07) is 15.1. The quantitative estimate of drug-likeness (QED) is 0.428. The molecule has 3 aliphatic heterocycles. The fraction of sp³-hybridized carbons (Fsp3) is 0.393. The molecule has 2 amide bonds. The zero-order valence-corrected chi connectivity index (χ0v) is 20.6. The van der Waals surface area contributed by atoms with Crippen LogP contribution in [0.4, 0.5) is 0 Å². The minimum Gasteiger partial charge on any atom is -0.299 e. The second kappa shape index (κ2) is 9.37. The van der Waals surface area contributed by atoms with Crippen molar-refractivity contribution in [1.29, 1.82) is 0 Å². The third-order valence-corrected chi connectivity index (χ3v) is 8.49. The molecular weight excluding hydrogens is 456 g/mol. The summed E-state index contributed by atoms with van der Waals surface area (Å²) in [5, 5.41) is 4.91. The number of pyridine rings is 1. The molecule has 6 nitrogen and oxygen atoms in total. The number of fused-ring (bicyclic) bond motifs is 2. The fourth-order valence-corrected chi connectivity index (χ4v) is 6.51. The number of hydrogen-bond acceptors (Lipinski definition) is 6. The van der Waals surface area contributed by atoms with Crippen molar-refractivity contribution in [1.82, 2.24) is 20.1 Å². The van der Waals surface area contributed by atoms with Crippen LogP contribution in [0.2, 0.25) is 0 Å². The number of benzene rings is 2. The number of piperidine rings is 2. The van der Waals surface area contributed by atoms with Gasteiger partial charge in [0.1, 0.15) is 0 Å². The highest BCUT2D eigenvalue weighted by molar-refractivity contribution is 7.80. The third kappa shape index (κ3) is 4.37. The molecule has 0 aliphatic carbocycles. The molecule has 6 rings (SSSR count). The number of nitrogens with zero attached hydrogens (tertiary/aromatic N) is 3. The molecule has 180 valence electrons. The van der Waals surface area contributed by atoms with Crippen LogP contribution in [0.3, 0.4) is 0 Å². The Balaban J connectivity index is 1.11. The normalized spacial score (nSPS) is 24.0. The van der Waals surface area contributed by atoms with E-state index >= 15 is 0 Å². The van der Waals surface area contributed by atoms with Gasteiger partial charge in [0.15, 0.2) is 0 Å². The number of nitrogens with one attached hydrogen (secondary N) is 1. The fourth-order valence-electron chi connectivity index (χ4n) is 6.03. The van der Waals surface area contributed by atoms with Crippen molar-refractivity contribution < 1.29 is 9.59 Å². The number of carbonyl (C=O) groups is 2. The second-order valence-corrected chi connectivity index (χ2v) is 10.5. The van der Waals surface area contributed by atoms with Gasteiger partial charge in [-0.2, -0.15) is 12.6 Å². The van der Waals surface area contributed by atoms with Crippen LogP contribution in [-0.2, 0) is 22.7 Å². The van der Waals surface area contributed by atoms with Crippen LogP contribution in [0.15, 0.2) is 54.9 Å². The zero-order valence-electron chi connectivity index (χ0n) is 19.7. The van der Waals surface area contributed by atoms with E-state index in [0.717, 1.165) is 32.5 Å². The molecule has 2 saturated heterocycles. The predicted molar refractivity (Wildman–Crippen MR) is 139 cm³/mol. The van der Waals surface area contributed by atoms with Crippen molar-refractivity contribution in [3.05, 3.63) is 77.1 Å². The minimum absolute atomic E-state index is 0.125. The lowest BCUT2D eigenvalue weighted by atomic mass is 9.86. The first-order valence-corrected chi connectivity index (χ1v) is 13.0. The van der Waals surface area contributed by atoms with Gasteiger partial charge >= 0.3 is 0 Å². The van der Waals surface area contributed by atoms with Crippen molar-refractivity contribution in [2.24, 2.45) is 0 Å². The lowest BCUT2D eigenvalue weighted by molar-refractivity contribution is -0.137. The number of rotatable bonds is 4. The monoisotopic (exact) mass is 486 g/mol. The van der Waals surface area contributed by atoms with E-state index in [2.05, 4.69) is 62.6 Å². The number of likely N-dealkylation sites (tertiary alicyclic amines) is 1. The van der Waals surface area contributed by atoms with Gasteiger partial charge in [0.25, 0.3) is 0 Å². The number of amides is 2. The van der Waals surface area contributed by atoms with E-state index < -0.39 is 0 Å². The summed E-state index contributed by atoms with van der Waals surface area (Å²) in [6.45, 7) is 3.78. The Hall–Kier alpha value is -2.74. The number of thiol groups is 1. The Bertz CT molecular complexity index is 1280. The van der Waals surface area contributed by atoms with Crippen LogP contribution < -0.4 is 5.32 Å². The molecule has 2 fully saturated rings. The van der Waals surface area contributed by atoms with Crippen molar-refractivity contribution in [3.8, 4) is 0 Å². The van der Waals surface area contributed by atoms with Gasteiger partial charge in [-0.3, -0.25) is 29.7 Å². The van der Waals surface area contributed by atoms with Gasteiger partial charge in [-0.05, 0) is 72.0 Å². The Morgan fingerprint density at radius 2 is 1.89 bits per heavy atom. The van der Waals surface area contributed by atoms with Crippen LogP contribution in [0.5, 0.6) is 0 Å². The van der Waals surface area contributed by atoms with Gasteiger partial charge in [-0.25, -0.2) is 0 Å². The highest BCUT2D eigenvalue weighted by Gasteiger charge is 2.39. The summed E-state index contributed by atoms with van der Waals surface area (Å²) < 4.78 is 0. The largest absolute Gasteiger partial charge is 0.299 e. The van der Waals surface area contributed by atoms with Gasteiger partial charge in [-0.15, -0.1) is 0 Å². The Labute approximate surface area is 211 Å². The highest BCUT2D eigenvalue weighted by Crippen LogP contribution is 2.40. The Morgan fingerprint density at radius 3 is 2.71 bits per heavy atom. The summed E-state index contributed by atoms with van der Waals surface area (Å²) in [5.41, 5.74) is 5.16. The van der Waals surface area contributed by atoms with E-state index in [0.29, 0.717) is 25.3 Å². The smallest absolute Gasteiger partial charge is 0.243 e. The average Bonchev–Trinajstić information content (AvgIpc) is 3.20. The lowest BCUT2D eigenvalue weighted by Gasteiger charge is -2.33. The first-order chi connectivity index (χ1) is 17.1. The molecule has 3 aromatic rings. The van der Waals surface area contributed by atoms with Crippen molar-refractivity contribution in [2.75, 3.05) is 13.1 Å². The molecule has 35 heavy (non-hydrogen) atoms. The zero-order chi connectivity index (χ0) is 23.9. The summed E-state index contributed by atoms with van der Waals surface area (Å²) in [4.78, 5) is 32.9. The molecule has 4 heterocycles. The molecule has 3 aliphatic rings. The van der Waals surface area contributed by atoms with E-state index in [9.17, 15) is 9.59 Å². The molecule has 0 saturated carbocycles. The van der Waals surface area contributed by atoms with Crippen LogP contribution >= 0.6 is 12.6 Å². The van der Waals surface area contributed by atoms with Gasteiger partial charge in [0.2, 0.25) is 11.8 Å². The van der Waals surface area contributed by atoms with Crippen LogP contribution in [0.1, 0.15) is 59.2 Å². The first kappa shape index (κ1) is 22.7. The van der Waals surface area contributed by atoms with E-state index in [1.54, 1.807) is 0 Å². The standard InChI is InChI=1S/C28H30N4O2S/c33-26-7-6-25(27(34)30-26)32-17-21-5-4-18(14-24(21)28(32)35)16-31-12-9-19(10-13-31)22-3-1-2-20-15-29-11-8-23(20)22/h1-5,8,11,14-15,19,25,28,35H,6-7,9-10,12-13,16-17H2,(H,30,33,34). The third-order valence-electron chi connectivity index (χ3n) is 7.91. The summed E-state index contributed by atoms with van der Waals surface area (Å²) in [6.07, 6.45) is 7.11. The number of imide groups is 1. The number of aromatic nitrogens is 1. The topological polar surface area (TPSA) is 65.5 Å². The van der Waals surface area contributed by atoms with E-state index in [1.807, 2.05) is 12.4 Å². The van der Waals surface area contributed by atoms with Gasteiger partial charge < -0.3 is 0 Å². The average molecular weight is 487 g/mol. The Kier molecular flexibility index (Phi) is 6.08. The van der Waals surface area contributed by atoms with Gasteiger partial charge in [0.05, 0.1) is 11.4 Å². The first-order valence-electron chi connectivity index (χ1n) is 12.5. The molecular formula is C28H30N4O2S. The molecule has 0 radical (unpaired) electrons. The SMILES string of the molecule is O=C1CCC(N2Cc3ccc(CN4CCC(c5cccc6cnccc56)CC4)cc3C2S)C(=O)N1. The van der Waals surface area contributed by atoms with Crippen molar-refractivity contribution in [2.45, 2.75) is 56.1 Å². The maximum atomic E-state index is 12.4. The Morgan fingerprint density at radius 1 is 1.03 bits per heavy atom. The highest BCUT2D eigenvalue weighted by atomic mass is 32.1. The maximum absolute atomic E-state index is 12.4. The molecule has 0 spiro atoms. The van der Waals surface area contributed by atoms with Crippen molar-refractivity contribution >= 4 is 35.2 Å². The molecule has 2 aromatic carbocycles. The molecule has 1 aromatic heterocycles. The number of carbonyl (C=O) groups excluding carboxylic acids is 2. The van der Waals surface area contributed by atoms with E-state index in [-0.39, 0.29) is 23.2 Å². The summed E-state index contributed by atoms with van der Waals surface area (Å²) in [7, 11) is 0. The van der Waals surface area contributed by atoms with Gasteiger partial charge in [-0.1, -0.05) is 36.4 Å².